The van der Waals surface area contributed by atoms with Crippen molar-refractivity contribution in [3.05, 3.63) is 0 Å². The fourth-order valence-electron chi connectivity index (χ4n) is 0.615. The summed E-state index contributed by atoms with van der Waals surface area (Å²) in [5, 5.41) is 11.7. The van der Waals surface area contributed by atoms with Gasteiger partial charge in [0.15, 0.2) is 0 Å². The van der Waals surface area contributed by atoms with Gasteiger partial charge in [0.05, 0.1) is 0 Å². The Balaban J connectivity index is 3.86. The van der Waals surface area contributed by atoms with Gasteiger partial charge in [-0.3, -0.25) is 9.88 Å². The Bertz CT molecular complexity index is 147. The molecular weight excluding hydrogens is 232 g/mol. The number of nitrogens with one attached hydrogen (secondary N) is 1. The summed E-state index contributed by atoms with van der Waals surface area (Å²) in [6.07, 6.45) is 0.484. The Morgan fingerprint density at radius 3 is 2.75 bits per heavy atom. The van der Waals surface area contributed by atoms with Crippen LogP contribution in [0.3, 0.4) is 0 Å². The number of carboxylic acid groups (broad SMARTS) is 1. The van der Waals surface area contributed by atoms with Crippen LogP contribution in [-0.2, 0) is 4.79 Å². The third-order valence-electron chi connectivity index (χ3n) is 1.19. The third-order valence-corrected chi connectivity index (χ3v) is 10.3. The van der Waals surface area contributed by atoms with Crippen LogP contribution in [0.25, 0.3) is 0 Å². The summed E-state index contributed by atoms with van der Waals surface area (Å²) in [4.78, 5) is 10.6. The molecule has 0 bridgehead atoms. The van der Waals surface area contributed by atoms with Crippen LogP contribution in [0.4, 0.5) is 0 Å². The molecule has 12 heavy (non-hydrogen) atoms. The van der Waals surface area contributed by atoms with Crippen molar-refractivity contribution in [1.82, 2.24) is 5.09 Å². The van der Waals surface area contributed by atoms with Crippen molar-refractivity contribution in [3.63, 3.8) is 0 Å². The minimum Gasteiger partial charge on any atom is -0.480 e. The summed E-state index contributed by atoms with van der Waals surface area (Å²) in [5.74, 6) is -0.821. The number of hydrogen-bond acceptors (Lipinski definition) is 3. The zero-order valence-corrected chi connectivity index (χ0v) is 10.7. The fraction of sp³-hybridized carbons (Fsp3) is 0.750. The molecule has 0 saturated heterocycles. The maximum Gasteiger partial charge on any atom is 0.321 e. The maximum absolute atomic E-state index is 10.6. The summed E-state index contributed by atoms with van der Waals surface area (Å²) < 4.78 is 0. The predicted molar refractivity (Wildman–Crippen MR) is 62.9 cm³/mol. The highest BCUT2D eigenvalue weighted by molar-refractivity contribution is 8.60. The molecule has 0 spiro atoms. The molecule has 0 rings (SSSR count). The van der Waals surface area contributed by atoms with Gasteiger partial charge in [0.1, 0.15) is 6.04 Å². The number of carboxylic acids is 1. The van der Waals surface area contributed by atoms with Crippen LogP contribution in [0, 0.1) is 0 Å². The Morgan fingerprint density at radius 1 is 1.83 bits per heavy atom. The van der Waals surface area contributed by atoms with E-state index >= 15 is 0 Å². The van der Waals surface area contributed by atoms with Gasteiger partial charge < -0.3 is 10.8 Å². The van der Waals surface area contributed by atoms with Gasteiger partial charge in [-0.05, 0) is 13.0 Å². The van der Waals surface area contributed by atoms with Crippen molar-refractivity contribution < 1.29 is 9.90 Å². The SMILES string of the molecule is NCCC(NP(P)PP)C(=O)O. The number of rotatable bonds is 6. The van der Waals surface area contributed by atoms with Gasteiger partial charge in [-0.2, -0.15) is 0 Å². The summed E-state index contributed by atoms with van der Waals surface area (Å²) >= 11 is 0. The largest absolute Gasteiger partial charge is 0.480 e. The number of carbonyl (C=O) groups is 1. The molecule has 0 aliphatic rings. The molecule has 5 unspecified atom stereocenters. The van der Waals surface area contributed by atoms with Crippen molar-refractivity contribution in [2.24, 2.45) is 5.73 Å². The molecule has 0 fully saturated rings. The van der Waals surface area contributed by atoms with E-state index in [1.54, 1.807) is 0 Å². The highest BCUT2D eigenvalue weighted by Crippen LogP contribution is 2.63. The van der Waals surface area contributed by atoms with Crippen molar-refractivity contribution in [1.29, 1.82) is 0 Å². The number of aliphatic carboxylic acids is 1. The molecule has 0 aliphatic heterocycles. The van der Waals surface area contributed by atoms with Crippen LogP contribution < -0.4 is 10.8 Å². The van der Waals surface area contributed by atoms with Crippen LogP contribution in [0.2, 0.25) is 0 Å². The molecule has 8 heteroatoms. The van der Waals surface area contributed by atoms with Crippen molar-refractivity contribution >= 4 is 39.2 Å². The van der Waals surface area contributed by atoms with Crippen LogP contribution in [-0.4, -0.2) is 23.7 Å². The molecule has 4 nitrogen and oxygen atoms in total. The lowest BCUT2D eigenvalue weighted by molar-refractivity contribution is -0.139. The van der Waals surface area contributed by atoms with Gasteiger partial charge >= 0.3 is 5.97 Å². The summed E-state index contributed by atoms with van der Waals surface area (Å²) in [6.45, 7) is 0.401. The van der Waals surface area contributed by atoms with Gasteiger partial charge in [0.2, 0.25) is 0 Å². The molecule has 72 valence electrons. The average Bonchev–Trinajstić information content (AvgIpc) is 2.03. The van der Waals surface area contributed by atoms with E-state index in [1.807, 2.05) is 0 Å². The molecule has 5 atom stereocenters. The van der Waals surface area contributed by atoms with Crippen LogP contribution in [0.1, 0.15) is 6.42 Å². The Hall–Kier alpha value is 1.11. The summed E-state index contributed by atoms with van der Waals surface area (Å²) in [7, 11) is 5.43. The monoisotopic (exact) mass is 246 g/mol. The first kappa shape index (κ1) is 13.1. The predicted octanol–water partition coefficient (Wildman–Crippen LogP) is 0.949. The quantitative estimate of drug-likeness (QED) is 0.610. The molecular formula is C4H14N2O2P4. The van der Waals surface area contributed by atoms with E-state index in [1.165, 1.54) is 0 Å². The van der Waals surface area contributed by atoms with Gasteiger partial charge in [0, 0.05) is 7.45 Å². The Morgan fingerprint density at radius 2 is 2.42 bits per heavy atom. The average molecular weight is 246 g/mol. The molecule has 0 saturated carbocycles. The van der Waals surface area contributed by atoms with Crippen molar-refractivity contribution in [2.45, 2.75) is 12.5 Å². The molecule has 0 aromatic carbocycles. The molecule has 0 heterocycles. The minimum atomic E-state index is -0.821. The second-order valence-electron chi connectivity index (χ2n) is 2.10. The van der Waals surface area contributed by atoms with Gasteiger partial charge in [0.25, 0.3) is 0 Å². The molecule has 0 aliphatic carbocycles. The van der Waals surface area contributed by atoms with E-state index in [4.69, 9.17) is 10.8 Å². The molecule has 0 aromatic heterocycles. The number of nitrogens with two attached hydrogens (primary N) is 1. The summed E-state index contributed by atoms with van der Waals surface area (Å²) in [6, 6.07) is -0.494. The van der Waals surface area contributed by atoms with E-state index < -0.39 is 19.5 Å². The van der Waals surface area contributed by atoms with Crippen LogP contribution in [0.5, 0.6) is 0 Å². The Kier molecular flexibility index (Phi) is 8.20. The van der Waals surface area contributed by atoms with E-state index in [2.05, 4.69) is 22.9 Å². The smallest absolute Gasteiger partial charge is 0.321 e. The van der Waals surface area contributed by atoms with Crippen LogP contribution >= 0.6 is 33.3 Å². The van der Waals surface area contributed by atoms with E-state index in [-0.39, 0.29) is 0 Å². The van der Waals surface area contributed by atoms with Gasteiger partial charge in [-0.1, -0.05) is 16.9 Å². The van der Waals surface area contributed by atoms with Crippen molar-refractivity contribution in [3.8, 4) is 0 Å². The zero-order valence-electron chi connectivity index (χ0n) is 6.53. The van der Waals surface area contributed by atoms with Crippen LogP contribution in [0.15, 0.2) is 0 Å². The first-order valence-electron chi connectivity index (χ1n) is 3.32. The standard InChI is InChI=1S/C4H14N2O2P4/c5-2-1-3(4(7)8)6-12(10)11-9/h3,6,11H,1-2,5,9-10H2,(H,7,8). The highest BCUT2D eigenvalue weighted by Gasteiger charge is 2.17. The van der Waals surface area contributed by atoms with E-state index in [9.17, 15) is 4.79 Å². The van der Waals surface area contributed by atoms with Gasteiger partial charge in [-0.25, -0.2) is 0 Å². The lowest BCUT2D eigenvalue weighted by Crippen LogP contribution is -2.33. The molecule has 0 aromatic rings. The highest BCUT2D eigenvalue weighted by atomic mass is 32.6. The second kappa shape index (κ2) is 7.51. The first-order chi connectivity index (χ1) is 5.61. The maximum atomic E-state index is 10.6. The minimum absolute atomic E-state index is 0.401. The fourth-order valence-corrected chi connectivity index (χ4v) is 3.17. The lowest BCUT2D eigenvalue weighted by atomic mass is 10.2. The lowest BCUT2D eigenvalue weighted by Gasteiger charge is -2.17. The molecule has 0 amide bonds. The topological polar surface area (TPSA) is 75.3 Å². The van der Waals surface area contributed by atoms with Gasteiger partial charge in [-0.15, -0.1) is 8.93 Å². The van der Waals surface area contributed by atoms with Crippen molar-refractivity contribution in [2.75, 3.05) is 6.54 Å². The summed E-state index contributed by atoms with van der Waals surface area (Å²) in [5.41, 5.74) is 5.28. The Labute approximate surface area is 79.5 Å². The molecule has 4 N–H and O–H groups in total. The second-order valence-corrected chi connectivity index (χ2v) is 11.0. The zero-order chi connectivity index (χ0) is 9.56. The van der Waals surface area contributed by atoms with E-state index in [0.717, 1.165) is 0 Å². The van der Waals surface area contributed by atoms with E-state index in [0.29, 0.717) is 20.9 Å². The normalized spacial score (nSPS) is 16.6. The molecule has 0 radical (unpaired) electrons. The first-order valence-corrected chi connectivity index (χ1v) is 9.93. The number of hydrogen-bond donors (Lipinski definition) is 3. The third kappa shape index (κ3) is 5.70.